The molecule has 1 saturated carbocycles. The third-order valence-electron chi connectivity index (χ3n) is 5.53. The monoisotopic (exact) mass is 259 g/mol. The summed E-state index contributed by atoms with van der Waals surface area (Å²) in [6, 6.07) is 6.66. The topological polar surface area (TPSA) is 23.5 Å². The lowest BCUT2D eigenvalue weighted by Gasteiger charge is -2.56. The number of aromatic hydroxyl groups is 1. The standard InChI is InChI=1S/C17H25NO/c1-16-8-7-15(18(3)4)17(2,11-16)10-12-5-6-13(19)9-14(12)16/h5-6,9,15,19H,7-8,10-11H2,1-4H3/t15-,16-,17+/m0/s1. The summed E-state index contributed by atoms with van der Waals surface area (Å²) in [7, 11) is 4.43. The Morgan fingerprint density at radius 2 is 2.00 bits per heavy atom. The molecule has 2 aliphatic carbocycles. The van der Waals surface area contributed by atoms with Crippen LogP contribution in [0.2, 0.25) is 0 Å². The largest absolute Gasteiger partial charge is 0.508 e. The van der Waals surface area contributed by atoms with Crippen molar-refractivity contribution < 1.29 is 5.11 Å². The van der Waals surface area contributed by atoms with E-state index in [4.69, 9.17) is 0 Å². The van der Waals surface area contributed by atoms with Crippen LogP contribution in [-0.4, -0.2) is 30.1 Å². The molecule has 3 atom stereocenters. The first kappa shape index (κ1) is 13.0. The number of fused-ring (bicyclic) bond motifs is 4. The number of benzene rings is 1. The summed E-state index contributed by atoms with van der Waals surface area (Å²) < 4.78 is 0. The lowest BCUT2D eigenvalue weighted by Crippen LogP contribution is -2.54. The second-order valence-electron chi connectivity index (χ2n) is 7.43. The molecule has 19 heavy (non-hydrogen) atoms. The molecule has 2 aliphatic rings. The van der Waals surface area contributed by atoms with E-state index in [0.29, 0.717) is 17.2 Å². The van der Waals surface area contributed by atoms with E-state index in [1.165, 1.54) is 30.4 Å². The van der Waals surface area contributed by atoms with Crippen LogP contribution in [0.5, 0.6) is 5.75 Å². The maximum Gasteiger partial charge on any atom is 0.115 e. The number of hydrogen-bond acceptors (Lipinski definition) is 2. The van der Waals surface area contributed by atoms with Crippen LogP contribution in [0.3, 0.4) is 0 Å². The molecule has 0 aromatic heterocycles. The van der Waals surface area contributed by atoms with Gasteiger partial charge in [0.05, 0.1) is 0 Å². The Bertz CT molecular complexity index is 510. The van der Waals surface area contributed by atoms with Crippen molar-refractivity contribution in [2.45, 2.75) is 51.0 Å². The molecule has 1 aromatic rings. The number of hydrogen-bond donors (Lipinski definition) is 1. The number of phenols is 1. The average Bonchev–Trinajstić information content (AvgIpc) is 2.29. The molecule has 0 amide bonds. The summed E-state index contributed by atoms with van der Waals surface area (Å²) in [5, 5.41) is 9.80. The first-order valence-electron chi connectivity index (χ1n) is 7.33. The zero-order chi connectivity index (χ0) is 13.8. The predicted octanol–water partition coefficient (Wildman–Crippen LogP) is 3.33. The smallest absolute Gasteiger partial charge is 0.115 e. The van der Waals surface area contributed by atoms with E-state index in [1.807, 2.05) is 12.1 Å². The normalized spacial score (nSPS) is 37.2. The minimum absolute atomic E-state index is 0.244. The molecule has 0 heterocycles. The van der Waals surface area contributed by atoms with Crippen molar-refractivity contribution in [3.05, 3.63) is 29.3 Å². The third-order valence-corrected chi connectivity index (χ3v) is 5.53. The fourth-order valence-electron chi connectivity index (χ4n) is 4.91. The fourth-order valence-corrected chi connectivity index (χ4v) is 4.91. The highest BCUT2D eigenvalue weighted by Crippen LogP contribution is 2.55. The van der Waals surface area contributed by atoms with Gasteiger partial charge in [0.1, 0.15) is 5.75 Å². The van der Waals surface area contributed by atoms with Gasteiger partial charge >= 0.3 is 0 Å². The Labute approximate surface area is 116 Å². The maximum atomic E-state index is 9.80. The quantitative estimate of drug-likeness (QED) is 0.836. The highest BCUT2D eigenvalue weighted by Gasteiger charge is 2.50. The molecule has 2 heteroatoms. The van der Waals surface area contributed by atoms with Crippen molar-refractivity contribution in [2.24, 2.45) is 5.41 Å². The molecule has 0 radical (unpaired) electrons. The molecule has 0 saturated heterocycles. The lowest BCUT2D eigenvalue weighted by molar-refractivity contribution is 0.0210. The highest BCUT2D eigenvalue weighted by molar-refractivity contribution is 5.44. The van der Waals surface area contributed by atoms with Gasteiger partial charge in [0.2, 0.25) is 0 Å². The van der Waals surface area contributed by atoms with Gasteiger partial charge in [0.15, 0.2) is 0 Å². The lowest BCUT2D eigenvalue weighted by atomic mass is 9.52. The van der Waals surface area contributed by atoms with Crippen molar-refractivity contribution in [3.8, 4) is 5.75 Å². The molecule has 1 fully saturated rings. The van der Waals surface area contributed by atoms with Crippen LogP contribution in [0.15, 0.2) is 18.2 Å². The van der Waals surface area contributed by atoms with Crippen molar-refractivity contribution in [3.63, 3.8) is 0 Å². The zero-order valence-corrected chi connectivity index (χ0v) is 12.5. The minimum Gasteiger partial charge on any atom is -0.508 e. The van der Waals surface area contributed by atoms with E-state index in [0.717, 1.165) is 6.42 Å². The van der Waals surface area contributed by atoms with Crippen LogP contribution in [0.1, 0.15) is 44.2 Å². The van der Waals surface area contributed by atoms with Crippen LogP contribution in [-0.2, 0) is 11.8 Å². The summed E-state index contributed by atoms with van der Waals surface area (Å²) in [5.74, 6) is 0.415. The summed E-state index contributed by atoms with van der Waals surface area (Å²) in [6.07, 6.45) is 4.86. The Kier molecular flexibility index (Phi) is 2.72. The van der Waals surface area contributed by atoms with Crippen molar-refractivity contribution in [2.75, 3.05) is 14.1 Å². The molecular weight excluding hydrogens is 234 g/mol. The van der Waals surface area contributed by atoms with Gasteiger partial charge in [-0.2, -0.15) is 0 Å². The minimum atomic E-state index is 0.244. The van der Waals surface area contributed by atoms with Gasteiger partial charge in [-0.05, 0) is 73.9 Å². The van der Waals surface area contributed by atoms with Crippen LogP contribution < -0.4 is 0 Å². The van der Waals surface area contributed by atoms with Crippen LogP contribution in [0, 0.1) is 5.41 Å². The summed E-state index contributed by atoms with van der Waals surface area (Å²) >= 11 is 0. The zero-order valence-electron chi connectivity index (χ0n) is 12.5. The Morgan fingerprint density at radius 1 is 1.26 bits per heavy atom. The Morgan fingerprint density at radius 3 is 2.68 bits per heavy atom. The van der Waals surface area contributed by atoms with E-state index in [-0.39, 0.29) is 5.41 Å². The summed E-state index contributed by atoms with van der Waals surface area (Å²) in [4.78, 5) is 2.41. The molecule has 104 valence electrons. The molecule has 0 aliphatic heterocycles. The van der Waals surface area contributed by atoms with E-state index in [9.17, 15) is 5.11 Å². The average molecular weight is 259 g/mol. The Balaban J connectivity index is 2.09. The fraction of sp³-hybridized carbons (Fsp3) is 0.647. The van der Waals surface area contributed by atoms with E-state index in [1.54, 1.807) is 0 Å². The molecule has 0 unspecified atom stereocenters. The molecular formula is C17H25NO. The van der Waals surface area contributed by atoms with Crippen molar-refractivity contribution in [1.29, 1.82) is 0 Å². The van der Waals surface area contributed by atoms with E-state index >= 15 is 0 Å². The van der Waals surface area contributed by atoms with Gasteiger partial charge in [0, 0.05) is 6.04 Å². The SMILES string of the molecule is CN(C)[C@H]1CC[C@@]2(C)C[C@@]1(C)Cc1ccc(O)cc12. The van der Waals surface area contributed by atoms with Gasteiger partial charge in [-0.1, -0.05) is 19.9 Å². The second kappa shape index (κ2) is 3.99. The van der Waals surface area contributed by atoms with Gasteiger partial charge in [-0.3, -0.25) is 0 Å². The summed E-state index contributed by atoms with van der Waals surface area (Å²) in [6.45, 7) is 4.83. The number of rotatable bonds is 1. The first-order chi connectivity index (χ1) is 8.84. The molecule has 2 bridgehead atoms. The highest BCUT2D eigenvalue weighted by atomic mass is 16.3. The molecule has 1 N–H and O–H groups in total. The third kappa shape index (κ3) is 1.88. The number of phenolic OH excluding ortho intramolecular Hbond substituents is 1. The number of nitrogens with zero attached hydrogens (tertiary/aromatic N) is 1. The Hall–Kier alpha value is -1.02. The van der Waals surface area contributed by atoms with Gasteiger partial charge in [-0.15, -0.1) is 0 Å². The van der Waals surface area contributed by atoms with Gasteiger partial charge in [0.25, 0.3) is 0 Å². The summed E-state index contributed by atoms with van der Waals surface area (Å²) in [5.41, 5.74) is 3.44. The molecule has 3 rings (SSSR count). The molecule has 1 aromatic carbocycles. The van der Waals surface area contributed by atoms with E-state index < -0.39 is 0 Å². The predicted molar refractivity (Wildman–Crippen MR) is 78.6 cm³/mol. The van der Waals surface area contributed by atoms with Crippen LogP contribution in [0.25, 0.3) is 0 Å². The van der Waals surface area contributed by atoms with Crippen molar-refractivity contribution in [1.82, 2.24) is 4.90 Å². The van der Waals surface area contributed by atoms with Crippen molar-refractivity contribution >= 4 is 0 Å². The van der Waals surface area contributed by atoms with Crippen LogP contribution in [0.4, 0.5) is 0 Å². The second-order valence-corrected chi connectivity index (χ2v) is 7.43. The van der Waals surface area contributed by atoms with Gasteiger partial charge in [-0.25, -0.2) is 0 Å². The maximum absolute atomic E-state index is 9.80. The van der Waals surface area contributed by atoms with E-state index in [2.05, 4.69) is 38.9 Å². The van der Waals surface area contributed by atoms with Gasteiger partial charge < -0.3 is 10.0 Å². The molecule has 2 nitrogen and oxygen atoms in total. The molecule has 0 spiro atoms. The first-order valence-corrected chi connectivity index (χ1v) is 7.33. The van der Waals surface area contributed by atoms with Crippen LogP contribution >= 0.6 is 0 Å².